The molecule has 0 aliphatic carbocycles. The summed E-state index contributed by atoms with van der Waals surface area (Å²) in [7, 11) is 1.96. The van der Waals surface area contributed by atoms with Gasteiger partial charge in [-0.2, -0.15) is 0 Å². The number of aromatic nitrogens is 2. The molecule has 2 aromatic carbocycles. The molecule has 3 rings (SSSR count). The molecule has 1 N–H and O–H groups in total. The number of hydrogen-bond donors (Lipinski definition) is 1. The van der Waals surface area contributed by atoms with Gasteiger partial charge in [0.1, 0.15) is 11.6 Å². The Balaban J connectivity index is 1.50. The van der Waals surface area contributed by atoms with Crippen LogP contribution in [0.25, 0.3) is 11.0 Å². The number of nitrogens with one attached hydrogen (secondary N) is 1. The van der Waals surface area contributed by atoms with Crippen LogP contribution < -0.4 is 10.1 Å². The van der Waals surface area contributed by atoms with E-state index in [1.54, 1.807) is 0 Å². The standard InChI is InChI=1S/C19H21N3O2/c1-14-7-3-6-10-17(14)24-12-11-19(23)20-13-18-21-15-8-4-5-9-16(15)22(18)2/h3-10H,11-13H2,1-2H3,(H,20,23). The van der Waals surface area contributed by atoms with E-state index in [-0.39, 0.29) is 5.91 Å². The van der Waals surface area contributed by atoms with Crippen molar-refractivity contribution in [2.45, 2.75) is 19.9 Å². The van der Waals surface area contributed by atoms with Crippen LogP contribution in [0.2, 0.25) is 0 Å². The topological polar surface area (TPSA) is 56.1 Å². The monoisotopic (exact) mass is 323 g/mol. The SMILES string of the molecule is Cc1ccccc1OCCC(=O)NCc1nc2ccccc2n1C. The van der Waals surface area contributed by atoms with Gasteiger partial charge in [-0.1, -0.05) is 30.3 Å². The van der Waals surface area contributed by atoms with Crippen molar-refractivity contribution in [1.82, 2.24) is 14.9 Å². The van der Waals surface area contributed by atoms with Crippen LogP contribution in [0.3, 0.4) is 0 Å². The fourth-order valence-electron chi connectivity index (χ4n) is 2.59. The van der Waals surface area contributed by atoms with Gasteiger partial charge in [-0.15, -0.1) is 0 Å². The highest BCUT2D eigenvalue weighted by atomic mass is 16.5. The number of rotatable bonds is 6. The number of carbonyl (C=O) groups excluding carboxylic acids is 1. The summed E-state index contributed by atoms with van der Waals surface area (Å²) in [6.45, 7) is 2.76. The molecule has 1 heterocycles. The molecule has 1 aromatic heterocycles. The number of benzene rings is 2. The van der Waals surface area contributed by atoms with Gasteiger partial charge in [0.05, 0.1) is 30.6 Å². The summed E-state index contributed by atoms with van der Waals surface area (Å²) in [6.07, 6.45) is 0.318. The molecule has 0 aliphatic rings. The third-order valence-electron chi connectivity index (χ3n) is 4.00. The van der Waals surface area contributed by atoms with Gasteiger partial charge in [0, 0.05) is 7.05 Å². The van der Waals surface area contributed by atoms with Crippen LogP contribution in [0.15, 0.2) is 48.5 Å². The third-order valence-corrected chi connectivity index (χ3v) is 4.00. The van der Waals surface area contributed by atoms with E-state index in [0.29, 0.717) is 19.6 Å². The highest BCUT2D eigenvalue weighted by Crippen LogP contribution is 2.16. The molecule has 1 amide bonds. The maximum absolute atomic E-state index is 12.0. The molecule has 24 heavy (non-hydrogen) atoms. The number of fused-ring (bicyclic) bond motifs is 1. The summed E-state index contributed by atoms with van der Waals surface area (Å²) in [5.41, 5.74) is 3.06. The summed E-state index contributed by atoms with van der Waals surface area (Å²) in [4.78, 5) is 16.5. The zero-order valence-electron chi connectivity index (χ0n) is 14.0. The molecule has 0 radical (unpaired) electrons. The number of carbonyl (C=O) groups is 1. The van der Waals surface area contributed by atoms with Crippen LogP contribution in [0.4, 0.5) is 0 Å². The van der Waals surface area contributed by atoms with Gasteiger partial charge in [-0.3, -0.25) is 4.79 Å². The maximum atomic E-state index is 12.0. The molecule has 5 heteroatoms. The zero-order valence-corrected chi connectivity index (χ0v) is 14.0. The predicted molar refractivity (Wildman–Crippen MR) is 93.9 cm³/mol. The number of amides is 1. The predicted octanol–water partition coefficient (Wildman–Crippen LogP) is 2.97. The zero-order chi connectivity index (χ0) is 16.9. The van der Waals surface area contributed by atoms with E-state index in [9.17, 15) is 4.79 Å². The molecule has 3 aromatic rings. The average molecular weight is 323 g/mol. The Hall–Kier alpha value is -2.82. The van der Waals surface area contributed by atoms with Gasteiger partial charge in [-0.05, 0) is 30.7 Å². The van der Waals surface area contributed by atoms with Crippen molar-refractivity contribution in [3.05, 3.63) is 59.9 Å². The number of aryl methyl sites for hydroxylation is 2. The summed E-state index contributed by atoms with van der Waals surface area (Å²) >= 11 is 0. The van der Waals surface area contributed by atoms with Gasteiger partial charge in [0.25, 0.3) is 0 Å². The maximum Gasteiger partial charge on any atom is 0.223 e. The van der Waals surface area contributed by atoms with Crippen molar-refractivity contribution < 1.29 is 9.53 Å². The summed E-state index contributed by atoms with van der Waals surface area (Å²) in [5.74, 6) is 1.61. The van der Waals surface area contributed by atoms with E-state index in [1.165, 1.54) is 0 Å². The minimum absolute atomic E-state index is 0.0457. The number of nitrogens with zero attached hydrogens (tertiary/aromatic N) is 2. The molecule has 0 bridgehead atoms. The Morgan fingerprint density at radius 1 is 1.17 bits per heavy atom. The summed E-state index contributed by atoms with van der Waals surface area (Å²) in [6, 6.07) is 15.7. The number of hydrogen-bond acceptors (Lipinski definition) is 3. The Kier molecular flexibility index (Phi) is 4.79. The quantitative estimate of drug-likeness (QED) is 0.759. The first-order valence-corrected chi connectivity index (χ1v) is 8.00. The molecule has 0 atom stereocenters. The van der Waals surface area contributed by atoms with E-state index in [0.717, 1.165) is 28.2 Å². The molecular weight excluding hydrogens is 302 g/mol. The fourth-order valence-corrected chi connectivity index (χ4v) is 2.59. The fraction of sp³-hybridized carbons (Fsp3) is 0.263. The molecule has 5 nitrogen and oxygen atoms in total. The molecule has 0 spiro atoms. The van der Waals surface area contributed by atoms with Crippen molar-refractivity contribution in [2.75, 3.05) is 6.61 Å². The molecule has 124 valence electrons. The third kappa shape index (κ3) is 3.56. The van der Waals surface area contributed by atoms with Crippen molar-refractivity contribution in [3.8, 4) is 5.75 Å². The lowest BCUT2D eigenvalue weighted by molar-refractivity contribution is -0.121. The van der Waals surface area contributed by atoms with E-state index >= 15 is 0 Å². The molecule has 0 aliphatic heterocycles. The molecule has 0 saturated heterocycles. The van der Waals surface area contributed by atoms with Crippen LogP contribution in [-0.2, 0) is 18.4 Å². The first kappa shape index (κ1) is 16.1. The lowest BCUT2D eigenvalue weighted by Gasteiger charge is -2.09. The van der Waals surface area contributed by atoms with Gasteiger partial charge in [0.2, 0.25) is 5.91 Å². The van der Waals surface area contributed by atoms with Crippen LogP contribution in [0.5, 0.6) is 5.75 Å². The van der Waals surface area contributed by atoms with Crippen LogP contribution in [-0.4, -0.2) is 22.1 Å². The highest BCUT2D eigenvalue weighted by Gasteiger charge is 2.09. The second kappa shape index (κ2) is 7.17. The van der Waals surface area contributed by atoms with Gasteiger partial charge < -0.3 is 14.6 Å². The van der Waals surface area contributed by atoms with Gasteiger partial charge >= 0.3 is 0 Å². The van der Waals surface area contributed by atoms with E-state index in [4.69, 9.17) is 4.74 Å². The highest BCUT2D eigenvalue weighted by molar-refractivity contribution is 5.77. The van der Waals surface area contributed by atoms with E-state index in [2.05, 4.69) is 10.3 Å². The van der Waals surface area contributed by atoms with Crippen LogP contribution in [0.1, 0.15) is 17.8 Å². The second-order valence-corrected chi connectivity index (χ2v) is 5.72. The molecule has 0 fully saturated rings. The minimum atomic E-state index is -0.0457. The minimum Gasteiger partial charge on any atom is -0.493 e. The van der Waals surface area contributed by atoms with Gasteiger partial charge in [0.15, 0.2) is 0 Å². The second-order valence-electron chi connectivity index (χ2n) is 5.72. The molecule has 0 saturated carbocycles. The number of imidazole rings is 1. The first-order chi connectivity index (χ1) is 11.6. The van der Waals surface area contributed by atoms with Crippen molar-refractivity contribution in [2.24, 2.45) is 7.05 Å². The first-order valence-electron chi connectivity index (χ1n) is 8.00. The van der Waals surface area contributed by atoms with Crippen molar-refractivity contribution in [1.29, 1.82) is 0 Å². The van der Waals surface area contributed by atoms with E-state index < -0.39 is 0 Å². The lowest BCUT2D eigenvalue weighted by atomic mass is 10.2. The summed E-state index contributed by atoms with van der Waals surface area (Å²) in [5, 5.41) is 2.90. The average Bonchev–Trinajstić information content (AvgIpc) is 2.91. The largest absolute Gasteiger partial charge is 0.493 e. The molecule has 0 unspecified atom stereocenters. The summed E-state index contributed by atoms with van der Waals surface area (Å²) < 4.78 is 7.65. The van der Waals surface area contributed by atoms with Crippen molar-refractivity contribution in [3.63, 3.8) is 0 Å². The normalized spacial score (nSPS) is 10.8. The van der Waals surface area contributed by atoms with Gasteiger partial charge in [-0.25, -0.2) is 4.98 Å². The van der Waals surface area contributed by atoms with Crippen molar-refractivity contribution >= 4 is 16.9 Å². The lowest BCUT2D eigenvalue weighted by Crippen LogP contribution is -2.25. The van der Waals surface area contributed by atoms with E-state index in [1.807, 2.05) is 67.1 Å². The Labute approximate surface area is 141 Å². The number of para-hydroxylation sites is 3. The Morgan fingerprint density at radius 3 is 2.71 bits per heavy atom. The Bertz CT molecular complexity index is 855. The smallest absolute Gasteiger partial charge is 0.223 e. The Morgan fingerprint density at radius 2 is 1.92 bits per heavy atom. The van der Waals surface area contributed by atoms with Crippen LogP contribution >= 0.6 is 0 Å². The van der Waals surface area contributed by atoms with Crippen LogP contribution in [0, 0.1) is 6.92 Å². The number of ether oxygens (including phenoxy) is 1. The molecular formula is C19H21N3O2.